The fraction of sp³-hybridized carbons (Fsp3) is 0.125. The van der Waals surface area contributed by atoms with Crippen molar-refractivity contribution in [2.24, 2.45) is 10.8 Å². The third-order valence-electron chi connectivity index (χ3n) is 3.50. The van der Waals surface area contributed by atoms with Crippen molar-refractivity contribution in [2.75, 3.05) is 0 Å². The molecule has 0 amide bonds. The average Bonchev–Trinajstić information content (AvgIpc) is 2.94. The summed E-state index contributed by atoms with van der Waals surface area (Å²) in [6.45, 7) is 0. The molecule has 0 saturated heterocycles. The summed E-state index contributed by atoms with van der Waals surface area (Å²) in [5.41, 5.74) is 8.98. The molecule has 1 atom stereocenters. The minimum Gasteiger partial charge on any atom is -0.375 e. The third kappa shape index (κ3) is 2.91. The van der Waals surface area contributed by atoms with Crippen molar-refractivity contribution in [1.82, 2.24) is 5.01 Å². The van der Waals surface area contributed by atoms with Crippen molar-refractivity contribution in [3.8, 4) is 0 Å². The summed E-state index contributed by atoms with van der Waals surface area (Å²) in [6.07, 6.45) is 0.767. The quantitative estimate of drug-likeness (QED) is 0.858. The number of thiocarbonyl (C=S) groups is 1. The minimum absolute atomic E-state index is 0.0504. The molecule has 0 radical (unpaired) electrons. The molecule has 1 aliphatic rings. The molecule has 0 aromatic heterocycles. The topological polar surface area (TPSA) is 41.6 Å². The van der Waals surface area contributed by atoms with E-state index in [1.165, 1.54) is 0 Å². The van der Waals surface area contributed by atoms with Gasteiger partial charge in [0.25, 0.3) is 0 Å². The fourth-order valence-corrected chi connectivity index (χ4v) is 2.76. The number of hydrogen-bond donors (Lipinski definition) is 1. The molecule has 3 rings (SSSR count). The maximum Gasteiger partial charge on any atom is 0.187 e. The van der Waals surface area contributed by atoms with Crippen LogP contribution in [0.5, 0.6) is 0 Å². The highest BCUT2D eigenvalue weighted by Gasteiger charge is 2.30. The van der Waals surface area contributed by atoms with E-state index >= 15 is 0 Å². The molecule has 0 saturated carbocycles. The Hall–Kier alpha value is -1.91. The summed E-state index contributed by atoms with van der Waals surface area (Å²) < 4.78 is 0. The Morgan fingerprint density at radius 3 is 2.43 bits per heavy atom. The zero-order chi connectivity index (χ0) is 14.8. The highest BCUT2D eigenvalue weighted by Crippen LogP contribution is 2.32. The largest absolute Gasteiger partial charge is 0.375 e. The molecular formula is C16H14ClN3S. The highest BCUT2D eigenvalue weighted by atomic mass is 35.5. The average molecular weight is 316 g/mol. The van der Waals surface area contributed by atoms with Crippen molar-refractivity contribution >= 4 is 34.6 Å². The van der Waals surface area contributed by atoms with Crippen LogP contribution in [-0.4, -0.2) is 15.8 Å². The predicted molar refractivity (Wildman–Crippen MR) is 90.4 cm³/mol. The van der Waals surface area contributed by atoms with E-state index in [0.717, 1.165) is 23.3 Å². The molecule has 1 heterocycles. The molecule has 106 valence electrons. The Balaban J connectivity index is 1.93. The van der Waals surface area contributed by atoms with Crippen LogP contribution in [0.1, 0.15) is 23.6 Å². The van der Waals surface area contributed by atoms with Crippen LogP contribution in [0.4, 0.5) is 0 Å². The van der Waals surface area contributed by atoms with Gasteiger partial charge in [-0.15, -0.1) is 0 Å². The van der Waals surface area contributed by atoms with Crippen LogP contribution in [0.2, 0.25) is 5.02 Å². The standard InChI is InChI=1S/C16H14ClN3S/c17-13-8-6-11(7-9-13)14-10-15(20(19-14)16(18)21)12-4-2-1-3-5-12/h1-9,15H,10H2,(H2,18,21)/t15-/m0/s1. The van der Waals surface area contributed by atoms with Crippen molar-refractivity contribution in [3.63, 3.8) is 0 Å². The Bertz CT molecular complexity index is 682. The monoisotopic (exact) mass is 315 g/mol. The molecule has 0 aliphatic carbocycles. The molecule has 3 nitrogen and oxygen atoms in total. The van der Waals surface area contributed by atoms with Gasteiger partial charge in [-0.2, -0.15) is 5.10 Å². The molecule has 5 heteroatoms. The van der Waals surface area contributed by atoms with Gasteiger partial charge in [-0.25, -0.2) is 5.01 Å². The number of benzene rings is 2. The van der Waals surface area contributed by atoms with Gasteiger partial charge < -0.3 is 5.73 Å². The second kappa shape index (κ2) is 5.84. The molecule has 0 spiro atoms. The van der Waals surface area contributed by atoms with Crippen LogP contribution in [0, 0.1) is 0 Å². The second-order valence-corrected chi connectivity index (χ2v) is 5.72. The lowest BCUT2D eigenvalue weighted by molar-refractivity contribution is 0.373. The second-order valence-electron chi connectivity index (χ2n) is 4.87. The molecule has 2 aromatic carbocycles. The molecule has 2 N–H and O–H groups in total. The highest BCUT2D eigenvalue weighted by molar-refractivity contribution is 7.80. The fourth-order valence-electron chi connectivity index (χ4n) is 2.47. The SMILES string of the molecule is NC(=S)N1N=C(c2ccc(Cl)cc2)C[C@H]1c1ccccc1. The molecular weight excluding hydrogens is 302 g/mol. The first-order valence-corrected chi connectivity index (χ1v) is 7.41. The molecule has 0 unspecified atom stereocenters. The predicted octanol–water partition coefficient (Wildman–Crippen LogP) is 3.73. The van der Waals surface area contributed by atoms with Crippen LogP contribution in [0.3, 0.4) is 0 Å². The van der Waals surface area contributed by atoms with E-state index in [1.807, 2.05) is 42.5 Å². The van der Waals surface area contributed by atoms with E-state index in [-0.39, 0.29) is 11.2 Å². The summed E-state index contributed by atoms with van der Waals surface area (Å²) >= 11 is 11.1. The van der Waals surface area contributed by atoms with Gasteiger partial charge in [-0.05, 0) is 35.5 Å². The van der Waals surface area contributed by atoms with Gasteiger partial charge in [0.05, 0.1) is 11.8 Å². The zero-order valence-electron chi connectivity index (χ0n) is 11.2. The van der Waals surface area contributed by atoms with Gasteiger partial charge in [0.2, 0.25) is 0 Å². The maximum absolute atomic E-state index is 5.93. The maximum atomic E-state index is 5.93. The zero-order valence-corrected chi connectivity index (χ0v) is 12.8. The van der Waals surface area contributed by atoms with Crippen LogP contribution in [0.15, 0.2) is 59.7 Å². The van der Waals surface area contributed by atoms with Gasteiger partial charge in [-0.3, -0.25) is 0 Å². The van der Waals surface area contributed by atoms with E-state index < -0.39 is 0 Å². The lowest BCUT2D eigenvalue weighted by Gasteiger charge is -2.21. The van der Waals surface area contributed by atoms with Crippen LogP contribution in [0.25, 0.3) is 0 Å². The van der Waals surface area contributed by atoms with Gasteiger partial charge in [0.15, 0.2) is 5.11 Å². The molecule has 2 aromatic rings. The van der Waals surface area contributed by atoms with Crippen LogP contribution in [-0.2, 0) is 0 Å². The normalized spacial score (nSPS) is 17.7. The Morgan fingerprint density at radius 2 is 1.81 bits per heavy atom. The van der Waals surface area contributed by atoms with Gasteiger partial charge in [0.1, 0.15) is 0 Å². The van der Waals surface area contributed by atoms with E-state index in [2.05, 4.69) is 17.2 Å². The van der Waals surface area contributed by atoms with Crippen LogP contribution < -0.4 is 5.73 Å². The number of halogens is 1. The minimum atomic E-state index is 0.0504. The van der Waals surface area contributed by atoms with Gasteiger partial charge in [-0.1, -0.05) is 54.1 Å². The Labute approximate surface area is 134 Å². The van der Waals surface area contributed by atoms with E-state index in [1.54, 1.807) is 5.01 Å². The van der Waals surface area contributed by atoms with Gasteiger partial charge in [0, 0.05) is 11.4 Å². The number of nitrogens with two attached hydrogens (primary N) is 1. The lowest BCUT2D eigenvalue weighted by atomic mass is 9.99. The Kier molecular flexibility index (Phi) is 3.90. The Morgan fingerprint density at radius 1 is 1.14 bits per heavy atom. The summed E-state index contributed by atoms with van der Waals surface area (Å²) in [5.74, 6) is 0. The summed E-state index contributed by atoms with van der Waals surface area (Å²) in [6, 6.07) is 17.8. The van der Waals surface area contributed by atoms with Crippen molar-refractivity contribution in [3.05, 3.63) is 70.7 Å². The number of nitrogens with zero attached hydrogens (tertiary/aromatic N) is 2. The van der Waals surface area contributed by atoms with Crippen molar-refractivity contribution in [2.45, 2.75) is 12.5 Å². The van der Waals surface area contributed by atoms with Crippen LogP contribution >= 0.6 is 23.8 Å². The first kappa shape index (κ1) is 14.0. The van der Waals surface area contributed by atoms with E-state index in [0.29, 0.717) is 5.02 Å². The molecule has 0 fully saturated rings. The summed E-state index contributed by atoms with van der Waals surface area (Å²) in [7, 11) is 0. The summed E-state index contributed by atoms with van der Waals surface area (Å²) in [5, 5.41) is 7.30. The van der Waals surface area contributed by atoms with Crippen molar-refractivity contribution in [1.29, 1.82) is 0 Å². The molecule has 21 heavy (non-hydrogen) atoms. The summed E-state index contributed by atoms with van der Waals surface area (Å²) in [4.78, 5) is 0. The number of rotatable bonds is 2. The van der Waals surface area contributed by atoms with Gasteiger partial charge >= 0.3 is 0 Å². The van der Waals surface area contributed by atoms with E-state index in [9.17, 15) is 0 Å². The van der Waals surface area contributed by atoms with Crippen molar-refractivity contribution < 1.29 is 0 Å². The smallest absolute Gasteiger partial charge is 0.187 e. The molecule has 1 aliphatic heterocycles. The first-order valence-electron chi connectivity index (χ1n) is 6.62. The van der Waals surface area contributed by atoms with E-state index in [4.69, 9.17) is 29.6 Å². The number of hydrazone groups is 1. The third-order valence-corrected chi connectivity index (χ3v) is 3.94. The number of hydrogen-bond acceptors (Lipinski definition) is 2. The lowest BCUT2D eigenvalue weighted by Crippen LogP contribution is -2.31. The molecule has 0 bridgehead atoms. The first-order chi connectivity index (χ1) is 10.1.